The maximum absolute atomic E-state index is 13.4. The molecule has 9 heteroatoms. The number of para-hydroxylation sites is 1. The van der Waals surface area contributed by atoms with Crippen molar-refractivity contribution >= 4 is 47.5 Å². The molecule has 0 bridgehead atoms. The molecule has 174 valence electrons. The molecule has 32 heavy (non-hydrogen) atoms. The summed E-state index contributed by atoms with van der Waals surface area (Å²) in [6.07, 6.45) is 4.02. The van der Waals surface area contributed by atoms with Gasteiger partial charge in [-0.3, -0.25) is 0 Å². The zero-order chi connectivity index (χ0) is 21.1. The summed E-state index contributed by atoms with van der Waals surface area (Å²) < 4.78 is 26.4. The maximum Gasteiger partial charge on any atom is 0.225 e. The van der Waals surface area contributed by atoms with Crippen molar-refractivity contribution in [1.29, 1.82) is 0 Å². The summed E-state index contributed by atoms with van der Waals surface area (Å²) in [5.41, 5.74) is 1.69. The van der Waals surface area contributed by atoms with Crippen LogP contribution in [0.2, 0.25) is 0 Å². The first kappa shape index (κ1) is 26.0. The Morgan fingerprint density at radius 1 is 0.906 bits per heavy atom. The fourth-order valence-electron chi connectivity index (χ4n) is 4.00. The number of nitrogens with zero attached hydrogens (tertiary/aromatic N) is 3. The number of rotatable bonds is 6. The SMILES string of the molecule is CN(C)c1nc(NC2CCC(NCc3ccc(F)c(F)c3)CC2)nc2ccccc12.Cl.Cl. The minimum absolute atomic E-state index is 0. The van der Waals surface area contributed by atoms with Gasteiger partial charge in [0.1, 0.15) is 5.82 Å². The lowest BCUT2D eigenvalue weighted by atomic mass is 9.91. The van der Waals surface area contributed by atoms with E-state index < -0.39 is 11.6 Å². The molecule has 5 nitrogen and oxygen atoms in total. The average molecular weight is 484 g/mol. The third-order valence-electron chi connectivity index (χ3n) is 5.65. The van der Waals surface area contributed by atoms with Gasteiger partial charge in [-0.25, -0.2) is 13.8 Å². The minimum Gasteiger partial charge on any atom is -0.362 e. The second-order valence-corrected chi connectivity index (χ2v) is 8.10. The van der Waals surface area contributed by atoms with Crippen molar-refractivity contribution < 1.29 is 8.78 Å². The van der Waals surface area contributed by atoms with E-state index in [1.54, 1.807) is 6.07 Å². The van der Waals surface area contributed by atoms with Crippen LogP contribution < -0.4 is 15.5 Å². The first-order valence-corrected chi connectivity index (χ1v) is 10.4. The Bertz CT molecular complexity index is 1030. The summed E-state index contributed by atoms with van der Waals surface area (Å²) in [6.45, 7) is 0.542. The molecule has 0 amide bonds. The fourth-order valence-corrected chi connectivity index (χ4v) is 4.00. The van der Waals surface area contributed by atoms with Gasteiger partial charge in [-0.15, -0.1) is 24.8 Å². The molecule has 0 aliphatic heterocycles. The molecule has 0 radical (unpaired) electrons. The van der Waals surface area contributed by atoms with Crippen LogP contribution in [0.25, 0.3) is 10.9 Å². The van der Waals surface area contributed by atoms with Crippen LogP contribution in [-0.2, 0) is 6.54 Å². The Morgan fingerprint density at radius 3 is 2.28 bits per heavy atom. The standard InChI is InChI=1S/C23H27F2N5.2ClH/c1-30(2)22-18-5-3-4-6-21(18)28-23(29-22)27-17-10-8-16(9-11-17)26-14-15-7-12-19(24)20(25)13-15;;/h3-7,12-13,16-17,26H,8-11,14H2,1-2H3,(H,27,28,29);2*1H. The van der Waals surface area contributed by atoms with Crippen molar-refractivity contribution in [2.45, 2.75) is 44.3 Å². The Kier molecular flexibility index (Phi) is 9.43. The molecule has 1 saturated carbocycles. The van der Waals surface area contributed by atoms with E-state index in [9.17, 15) is 8.78 Å². The highest BCUT2D eigenvalue weighted by Crippen LogP contribution is 2.26. The third kappa shape index (κ3) is 6.18. The molecule has 1 aliphatic carbocycles. The first-order chi connectivity index (χ1) is 14.5. The van der Waals surface area contributed by atoms with Gasteiger partial charge in [0.2, 0.25) is 5.95 Å². The van der Waals surface area contributed by atoms with Crippen molar-refractivity contribution in [1.82, 2.24) is 15.3 Å². The topological polar surface area (TPSA) is 53.1 Å². The molecular weight excluding hydrogens is 455 g/mol. The van der Waals surface area contributed by atoms with Crippen LogP contribution in [0.15, 0.2) is 42.5 Å². The lowest BCUT2D eigenvalue weighted by molar-refractivity contribution is 0.352. The number of benzene rings is 2. The normalized spacial score (nSPS) is 17.9. The average Bonchev–Trinajstić information content (AvgIpc) is 2.75. The van der Waals surface area contributed by atoms with Crippen LogP contribution in [0.5, 0.6) is 0 Å². The second-order valence-electron chi connectivity index (χ2n) is 8.10. The van der Waals surface area contributed by atoms with Gasteiger partial charge in [-0.1, -0.05) is 18.2 Å². The highest BCUT2D eigenvalue weighted by atomic mass is 35.5. The van der Waals surface area contributed by atoms with E-state index in [0.29, 0.717) is 24.6 Å². The van der Waals surface area contributed by atoms with Gasteiger partial charge in [0.05, 0.1) is 5.52 Å². The van der Waals surface area contributed by atoms with Crippen LogP contribution in [0.1, 0.15) is 31.2 Å². The van der Waals surface area contributed by atoms with Crippen LogP contribution in [0.3, 0.4) is 0 Å². The third-order valence-corrected chi connectivity index (χ3v) is 5.65. The number of aromatic nitrogens is 2. The van der Waals surface area contributed by atoms with Gasteiger partial charge in [0.15, 0.2) is 11.6 Å². The summed E-state index contributed by atoms with van der Waals surface area (Å²) in [7, 11) is 3.98. The van der Waals surface area contributed by atoms with Gasteiger partial charge in [0, 0.05) is 38.1 Å². The number of anilines is 2. The summed E-state index contributed by atoms with van der Waals surface area (Å²) in [5, 5.41) is 8.01. The number of hydrogen-bond acceptors (Lipinski definition) is 5. The summed E-state index contributed by atoms with van der Waals surface area (Å²) in [5.74, 6) is -0.0334. The van der Waals surface area contributed by atoms with Crippen molar-refractivity contribution in [3.8, 4) is 0 Å². The predicted octanol–water partition coefficient (Wildman–Crippen LogP) is 5.33. The number of nitrogens with one attached hydrogen (secondary N) is 2. The molecule has 2 N–H and O–H groups in total. The fraction of sp³-hybridized carbons (Fsp3) is 0.391. The second kappa shape index (κ2) is 11.6. The molecule has 4 rings (SSSR count). The molecule has 2 aromatic carbocycles. The maximum atomic E-state index is 13.4. The van der Waals surface area contributed by atoms with Gasteiger partial charge in [-0.2, -0.15) is 4.98 Å². The van der Waals surface area contributed by atoms with Gasteiger partial charge in [0.25, 0.3) is 0 Å². The van der Waals surface area contributed by atoms with Crippen LogP contribution in [-0.4, -0.2) is 36.1 Å². The molecule has 1 fully saturated rings. The highest BCUT2D eigenvalue weighted by molar-refractivity contribution is 5.90. The van der Waals surface area contributed by atoms with Gasteiger partial charge >= 0.3 is 0 Å². The van der Waals surface area contributed by atoms with E-state index in [-0.39, 0.29) is 24.8 Å². The largest absolute Gasteiger partial charge is 0.362 e. The van der Waals surface area contributed by atoms with Crippen LogP contribution in [0, 0.1) is 11.6 Å². The molecule has 0 unspecified atom stereocenters. The zero-order valence-corrected chi connectivity index (χ0v) is 19.8. The first-order valence-electron chi connectivity index (χ1n) is 10.4. The lowest BCUT2D eigenvalue weighted by Crippen LogP contribution is -2.37. The van der Waals surface area contributed by atoms with Gasteiger partial charge < -0.3 is 15.5 Å². The monoisotopic (exact) mass is 483 g/mol. The van der Waals surface area contributed by atoms with Crippen molar-refractivity contribution in [3.05, 3.63) is 59.7 Å². The molecule has 0 atom stereocenters. The van der Waals surface area contributed by atoms with E-state index in [4.69, 9.17) is 9.97 Å². The molecule has 3 aromatic rings. The quantitative estimate of drug-likeness (QED) is 0.496. The number of fused-ring (bicyclic) bond motifs is 1. The molecular formula is C23H29Cl2F2N5. The molecule has 0 saturated heterocycles. The molecule has 1 aromatic heterocycles. The highest BCUT2D eigenvalue weighted by Gasteiger charge is 2.22. The Labute approximate surface area is 199 Å². The van der Waals surface area contributed by atoms with E-state index >= 15 is 0 Å². The predicted molar refractivity (Wildman–Crippen MR) is 131 cm³/mol. The van der Waals surface area contributed by atoms with Crippen molar-refractivity contribution in [3.63, 3.8) is 0 Å². The summed E-state index contributed by atoms with van der Waals surface area (Å²) >= 11 is 0. The van der Waals surface area contributed by atoms with Gasteiger partial charge in [-0.05, 0) is 55.5 Å². The van der Waals surface area contributed by atoms with E-state index in [1.807, 2.05) is 43.3 Å². The number of halogens is 4. The molecule has 0 spiro atoms. The van der Waals surface area contributed by atoms with E-state index in [0.717, 1.165) is 48.0 Å². The van der Waals surface area contributed by atoms with E-state index in [1.165, 1.54) is 12.1 Å². The minimum atomic E-state index is -0.807. The Hall–Kier alpha value is -2.22. The smallest absolute Gasteiger partial charge is 0.225 e. The van der Waals surface area contributed by atoms with E-state index in [2.05, 4.69) is 10.6 Å². The Balaban J connectivity index is 0.00000181. The Morgan fingerprint density at radius 2 is 1.59 bits per heavy atom. The lowest BCUT2D eigenvalue weighted by Gasteiger charge is -2.30. The van der Waals surface area contributed by atoms with Crippen LogP contribution >= 0.6 is 24.8 Å². The molecule has 1 aliphatic rings. The molecule has 1 heterocycles. The van der Waals surface area contributed by atoms with Crippen molar-refractivity contribution in [2.24, 2.45) is 0 Å². The van der Waals surface area contributed by atoms with Crippen molar-refractivity contribution in [2.75, 3.05) is 24.3 Å². The zero-order valence-electron chi connectivity index (χ0n) is 18.1. The summed E-state index contributed by atoms with van der Waals surface area (Å²) in [4.78, 5) is 11.4. The van der Waals surface area contributed by atoms with Crippen LogP contribution in [0.4, 0.5) is 20.5 Å². The number of hydrogen-bond donors (Lipinski definition) is 2. The summed E-state index contributed by atoms with van der Waals surface area (Å²) in [6, 6.07) is 12.8.